The van der Waals surface area contributed by atoms with Crippen LogP contribution < -0.4 is 0 Å². The number of hydrogen-bond acceptors (Lipinski definition) is 2. The molecule has 0 heterocycles. The van der Waals surface area contributed by atoms with Crippen LogP contribution in [-0.2, 0) is 0 Å². The summed E-state index contributed by atoms with van der Waals surface area (Å²) in [6.07, 6.45) is 0. The van der Waals surface area contributed by atoms with E-state index in [1.807, 2.05) is 0 Å². The van der Waals surface area contributed by atoms with Gasteiger partial charge in [-0.2, -0.15) is 0 Å². The molecule has 0 atom stereocenters. The van der Waals surface area contributed by atoms with Crippen molar-refractivity contribution in [3.8, 4) is 0 Å². The Labute approximate surface area is 102 Å². The summed E-state index contributed by atoms with van der Waals surface area (Å²) in [6, 6.07) is 4.36. The SMILES string of the molecule is CN(C(=O)Cl)C(=O)c1ccc(Cl)cc1Cl. The Hall–Kier alpha value is -0.770. The van der Waals surface area contributed by atoms with E-state index in [9.17, 15) is 9.59 Å². The Bertz CT molecular complexity index is 420. The number of benzene rings is 1. The van der Waals surface area contributed by atoms with Crippen LogP contribution in [0.5, 0.6) is 0 Å². The van der Waals surface area contributed by atoms with Crippen LogP contribution in [0.1, 0.15) is 10.4 Å². The van der Waals surface area contributed by atoms with Crippen LogP contribution >= 0.6 is 34.8 Å². The van der Waals surface area contributed by atoms with E-state index < -0.39 is 11.3 Å². The minimum absolute atomic E-state index is 0.178. The predicted octanol–water partition coefficient (Wildman–Crippen LogP) is 3.42. The van der Waals surface area contributed by atoms with E-state index in [-0.39, 0.29) is 10.6 Å². The first-order valence-corrected chi connectivity index (χ1v) is 4.99. The molecule has 0 bridgehead atoms. The Morgan fingerprint density at radius 3 is 2.33 bits per heavy atom. The van der Waals surface area contributed by atoms with Crippen molar-refractivity contribution in [1.29, 1.82) is 0 Å². The van der Waals surface area contributed by atoms with Crippen molar-refractivity contribution in [1.82, 2.24) is 4.90 Å². The second-order valence-corrected chi connectivity index (χ2v) is 3.91. The molecular formula is C9H6Cl3NO2. The van der Waals surface area contributed by atoms with Gasteiger partial charge in [0.05, 0.1) is 10.6 Å². The molecule has 0 N–H and O–H groups in total. The first-order valence-electron chi connectivity index (χ1n) is 3.86. The van der Waals surface area contributed by atoms with Gasteiger partial charge < -0.3 is 0 Å². The van der Waals surface area contributed by atoms with Gasteiger partial charge in [-0.25, -0.2) is 0 Å². The number of rotatable bonds is 1. The normalized spacial score (nSPS) is 9.87. The Morgan fingerprint density at radius 2 is 1.87 bits per heavy atom. The molecule has 3 nitrogen and oxygen atoms in total. The average Bonchev–Trinajstić information content (AvgIpc) is 2.15. The van der Waals surface area contributed by atoms with Crippen LogP contribution in [0.2, 0.25) is 10.0 Å². The standard InChI is InChI=1S/C9H6Cl3NO2/c1-13(9(12)15)8(14)6-3-2-5(10)4-7(6)11/h2-4H,1H3. The van der Waals surface area contributed by atoms with Crippen molar-refractivity contribution in [2.75, 3.05) is 7.05 Å². The van der Waals surface area contributed by atoms with Crippen molar-refractivity contribution >= 4 is 46.1 Å². The second kappa shape index (κ2) is 4.84. The summed E-state index contributed by atoms with van der Waals surface area (Å²) in [6.45, 7) is 0. The van der Waals surface area contributed by atoms with Gasteiger partial charge in [0.2, 0.25) is 0 Å². The summed E-state index contributed by atoms with van der Waals surface area (Å²) < 4.78 is 0. The molecule has 0 spiro atoms. The van der Waals surface area contributed by atoms with E-state index in [1.165, 1.54) is 25.2 Å². The van der Waals surface area contributed by atoms with Gasteiger partial charge in [0.15, 0.2) is 0 Å². The van der Waals surface area contributed by atoms with Crippen molar-refractivity contribution in [2.24, 2.45) is 0 Å². The van der Waals surface area contributed by atoms with Gasteiger partial charge in [0, 0.05) is 12.1 Å². The van der Waals surface area contributed by atoms with Gasteiger partial charge in [-0.05, 0) is 29.8 Å². The van der Waals surface area contributed by atoms with E-state index in [2.05, 4.69) is 0 Å². The highest BCUT2D eigenvalue weighted by Gasteiger charge is 2.19. The Morgan fingerprint density at radius 1 is 1.27 bits per heavy atom. The molecule has 0 aliphatic heterocycles. The molecule has 1 rings (SSSR count). The molecule has 0 aliphatic rings. The molecular weight excluding hydrogens is 260 g/mol. The number of imide groups is 1. The fourth-order valence-corrected chi connectivity index (χ4v) is 1.49. The lowest BCUT2D eigenvalue weighted by molar-refractivity contribution is 0.0848. The Kier molecular flexibility index (Phi) is 3.97. The summed E-state index contributed by atoms with van der Waals surface area (Å²) in [4.78, 5) is 23.1. The molecule has 15 heavy (non-hydrogen) atoms. The smallest absolute Gasteiger partial charge is 0.269 e. The minimum Gasteiger partial charge on any atom is -0.269 e. The fraction of sp³-hybridized carbons (Fsp3) is 0.111. The third-order valence-corrected chi connectivity index (χ3v) is 2.53. The lowest BCUT2D eigenvalue weighted by Gasteiger charge is -2.12. The number of amides is 2. The molecule has 6 heteroatoms. The van der Waals surface area contributed by atoms with Gasteiger partial charge in [0.1, 0.15) is 0 Å². The van der Waals surface area contributed by atoms with E-state index in [0.29, 0.717) is 5.02 Å². The van der Waals surface area contributed by atoms with Gasteiger partial charge in [0.25, 0.3) is 5.91 Å². The molecule has 0 unspecified atom stereocenters. The predicted molar refractivity (Wildman–Crippen MR) is 59.8 cm³/mol. The summed E-state index contributed by atoms with van der Waals surface area (Å²) in [5.74, 6) is -0.573. The number of carbonyl (C=O) groups is 2. The van der Waals surface area contributed by atoms with Crippen LogP contribution in [0, 0.1) is 0 Å². The van der Waals surface area contributed by atoms with Crippen LogP contribution in [0.25, 0.3) is 0 Å². The summed E-state index contributed by atoms with van der Waals surface area (Å²) in [7, 11) is 1.27. The van der Waals surface area contributed by atoms with Crippen LogP contribution in [0.15, 0.2) is 18.2 Å². The average molecular weight is 267 g/mol. The first-order chi connectivity index (χ1) is 6.93. The first kappa shape index (κ1) is 12.3. The molecule has 0 aromatic heterocycles. The van der Waals surface area contributed by atoms with Crippen molar-refractivity contribution in [3.63, 3.8) is 0 Å². The largest absolute Gasteiger partial charge is 0.323 e. The number of hydrogen-bond donors (Lipinski definition) is 0. The molecule has 0 radical (unpaired) electrons. The summed E-state index contributed by atoms with van der Waals surface area (Å²) >= 11 is 16.6. The highest BCUT2D eigenvalue weighted by molar-refractivity contribution is 6.64. The molecule has 2 amide bonds. The highest BCUT2D eigenvalue weighted by Crippen LogP contribution is 2.22. The maximum atomic E-state index is 11.6. The third-order valence-electron chi connectivity index (χ3n) is 1.73. The zero-order chi connectivity index (χ0) is 11.6. The Balaban J connectivity index is 3.07. The minimum atomic E-state index is -0.869. The van der Waals surface area contributed by atoms with Gasteiger partial charge in [-0.15, -0.1) is 0 Å². The van der Waals surface area contributed by atoms with Crippen molar-refractivity contribution < 1.29 is 9.59 Å². The summed E-state index contributed by atoms with van der Waals surface area (Å²) in [5, 5.41) is -0.278. The van der Waals surface area contributed by atoms with Crippen molar-refractivity contribution in [3.05, 3.63) is 33.8 Å². The number of carbonyl (C=O) groups excluding carboxylic acids is 2. The fourth-order valence-electron chi connectivity index (χ4n) is 0.923. The number of halogens is 3. The number of nitrogens with zero attached hydrogens (tertiary/aromatic N) is 1. The van der Waals surface area contributed by atoms with E-state index >= 15 is 0 Å². The molecule has 1 aromatic carbocycles. The van der Waals surface area contributed by atoms with E-state index in [0.717, 1.165) is 4.90 Å². The third kappa shape index (κ3) is 2.84. The highest BCUT2D eigenvalue weighted by atomic mass is 35.5. The quantitative estimate of drug-likeness (QED) is 0.577. The zero-order valence-electron chi connectivity index (χ0n) is 7.63. The van der Waals surface area contributed by atoms with Gasteiger partial charge >= 0.3 is 5.37 Å². The topological polar surface area (TPSA) is 37.4 Å². The second-order valence-electron chi connectivity index (χ2n) is 2.74. The van der Waals surface area contributed by atoms with Gasteiger partial charge in [-0.1, -0.05) is 23.2 Å². The maximum Gasteiger partial charge on any atom is 0.323 e. The van der Waals surface area contributed by atoms with Crippen LogP contribution in [0.3, 0.4) is 0 Å². The molecule has 1 aromatic rings. The lowest BCUT2D eigenvalue weighted by Crippen LogP contribution is -2.29. The molecule has 0 saturated heterocycles. The van der Waals surface area contributed by atoms with Crippen LogP contribution in [-0.4, -0.2) is 23.2 Å². The van der Waals surface area contributed by atoms with E-state index in [1.54, 1.807) is 0 Å². The van der Waals surface area contributed by atoms with Gasteiger partial charge in [-0.3, -0.25) is 14.5 Å². The molecule has 0 aliphatic carbocycles. The maximum absolute atomic E-state index is 11.6. The lowest BCUT2D eigenvalue weighted by atomic mass is 10.2. The van der Waals surface area contributed by atoms with Crippen molar-refractivity contribution in [2.45, 2.75) is 0 Å². The zero-order valence-corrected chi connectivity index (χ0v) is 9.90. The van der Waals surface area contributed by atoms with Crippen LogP contribution in [0.4, 0.5) is 4.79 Å². The monoisotopic (exact) mass is 265 g/mol. The molecule has 80 valence electrons. The van der Waals surface area contributed by atoms with E-state index in [4.69, 9.17) is 34.8 Å². The molecule has 0 saturated carbocycles. The summed E-state index contributed by atoms with van der Waals surface area (Å²) in [5.41, 5.74) is 0.178. The molecule has 0 fully saturated rings.